The number of aryl methyl sites for hydroxylation is 1. The Kier molecular flexibility index (Phi) is 5.74. The molecule has 50 heavy (non-hydrogen) atoms. The van der Waals surface area contributed by atoms with Gasteiger partial charge in [-0.15, -0.1) is 0 Å². The number of para-hydroxylation sites is 4. The zero-order valence-corrected chi connectivity index (χ0v) is 29.1. The van der Waals surface area contributed by atoms with Gasteiger partial charge >= 0.3 is 194 Å². The molecule has 6 aromatic carbocycles. The van der Waals surface area contributed by atoms with Crippen LogP contribution in [0, 0.1) is 3.80 Å². The van der Waals surface area contributed by atoms with Crippen LogP contribution in [-0.4, -0.2) is 23.1 Å². The number of fused-ring (bicyclic) bond motifs is 10. The van der Waals surface area contributed by atoms with E-state index in [9.17, 15) is 0 Å². The predicted octanol–water partition coefficient (Wildman–Crippen LogP) is 10.5. The molecule has 11 aromatic rings. The summed E-state index contributed by atoms with van der Waals surface area (Å²) >= 11 is 2.39. The molecule has 0 amide bonds. The van der Waals surface area contributed by atoms with Crippen molar-refractivity contribution in [3.05, 3.63) is 150 Å². The Hall–Kier alpha value is -5.97. The van der Waals surface area contributed by atoms with Crippen LogP contribution in [0.5, 0.6) is 11.5 Å². The summed E-state index contributed by atoms with van der Waals surface area (Å²) in [4.78, 5) is 4.84. The van der Waals surface area contributed by atoms with Crippen molar-refractivity contribution < 1.29 is 24.1 Å². The van der Waals surface area contributed by atoms with Crippen LogP contribution in [0.3, 0.4) is 0 Å². The third kappa shape index (κ3) is 3.77. The summed E-state index contributed by atoms with van der Waals surface area (Å²) < 4.78 is 16.9. The van der Waals surface area contributed by atoms with E-state index in [0.717, 1.165) is 48.7 Å². The second kappa shape index (κ2) is 10.3. The Labute approximate surface area is 296 Å². The summed E-state index contributed by atoms with van der Waals surface area (Å²) in [5.41, 5.74) is 9.24. The number of ether oxygens (including phenoxy) is 1. The van der Waals surface area contributed by atoms with Gasteiger partial charge in [0.2, 0.25) is 0 Å². The van der Waals surface area contributed by atoms with E-state index in [1.807, 2.05) is 24.4 Å². The Morgan fingerprint density at radius 1 is 0.500 bits per heavy atom. The zero-order chi connectivity index (χ0) is 33.1. The van der Waals surface area contributed by atoms with E-state index in [1.165, 1.54) is 49.0 Å². The molecule has 0 spiro atoms. The number of benzene rings is 6. The van der Waals surface area contributed by atoms with Gasteiger partial charge in [-0.05, 0) is 12.1 Å². The molecule has 0 bridgehead atoms. The molecule has 0 N–H and O–H groups in total. The number of nitrogens with zero attached hydrogens (tertiary/aromatic N) is 5. The van der Waals surface area contributed by atoms with Crippen LogP contribution in [0.1, 0.15) is 0 Å². The van der Waals surface area contributed by atoms with Gasteiger partial charge in [0.15, 0.2) is 0 Å². The van der Waals surface area contributed by atoms with E-state index in [4.69, 9.17) is 9.72 Å². The van der Waals surface area contributed by atoms with Crippen molar-refractivity contribution in [2.75, 3.05) is 0 Å². The number of hydrogen-bond acceptors (Lipinski definition) is 2. The molecule has 7 heteroatoms. The summed E-state index contributed by atoms with van der Waals surface area (Å²) in [6, 6.07) is 49.4. The van der Waals surface area contributed by atoms with Crippen LogP contribution in [-0.2, 0) is 26.4 Å². The first kappa shape index (κ1) is 27.9. The molecule has 0 aliphatic rings. The number of hydrogen-bond donors (Lipinski definition) is 0. The first-order valence-electron chi connectivity index (χ1n) is 16.6. The fraction of sp³-hybridized carbons (Fsp3) is 0.0233. The minimum atomic E-state index is 0.767. The molecule has 0 aliphatic carbocycles. The summed E-state index contributed by atoms with van der Waals surface area (Å²) in [6.07, 6.45) is 1.86. The normalized spacial score (nSPS) is 12.2. The van der Waals surface area contributed by atoms with Gasteiger partial charge in [0.25, 0.3) is 0 Å². The topological polar surface area (TPSA) is 41.3 Å². The van der Waals surface area contributed by atoms with Crippen LogP contribution in [0.2, 0.25) is 0 Å². The van der Waals surface area contributed by atoms with Gasteiger partial charge in [0.05, 0.1) is 16.6 Å². The van der Waals surface area contributed by atoms with Gasteiger partial charge < -0.3 is 4.40 Å². The zero-order valence-electron chi connectivity index (χ0n) is 26.8. The maximum atomic E-state index is 6.64. The molecular weight excluding hydrogens is 798 g/mol. The number of rotatable bonds is 4. The van der Waals surface area contributed by atoms with Crippen molar-refractivity contribution >= 4 is 70.9 Å². The number of imidazole rings is 1. The second-order valence-electron chi connectivity index (χ2n) is 12.9. The van der Waals surface area contributed by atoms with E-state index in [2.05, 4.69) is 166 Å². The predicted molar refractivity (Wildman–Crippen MR) is 199 cm³/mol. The maximum absolute atomic E-state index is 6.64. The van der Waals surface area contributed by atoms with Gasteiger partial charge in [0, 0.05) is 27.7 Å². The molecule has 5 heterocycles. The Morgan fingerprint density at radius 2 is 1.18 bits per heavy atom. The van der Waals surface area contributed by atoms with Crippen LogP contribution in [0.4, 0.5) is 0 Å². The van der Waals surface area contributed by atoms with Crippen molar-refractivity contribution in [1.29, 1.82) is 0 Å². The van der Waals surface area contributed by atoms with Crippen molar-refractivity contribution in [2.45, 2.75) is 0 Å². The minimum absolute atomic E-state index is 0.767. The Balaban J connectivity index is 1.12. The molecule has 240 valence electrons. The molecule has 0 unspecified atom stereocenters. The number of pyridine rings is 1. The average Bonchev–Trinajstić information content (AvgIpc) is 3.85. The van der Waals surface area contributed by atoms with Gasteiger partial charge in [-0.2, -0.15) is 0 Å². The van der Waals surface area contributed by atoms with Crippen molar-refractivity contribution in [2.24, 2.45) is 7.05 Å². The number of aromatic nitrogens is 5. The van der Waals surface area contributed by atoms with Crippen molar-refractivity contribution in [3.8, 4) is 23.0 Å². The van der Waals surface area contributed by atoms with Gasteiger partial charge in [-0.1, -0.05) is 42.5 Å². The molecule has 5 aromatic heterocycles. The Morgan fingerprint density at radius 3 is 2.04 bits per heavy atom. The van der Waals surface area contributed by atoms with Crippen LogP contribution >= 0.6 is 0 Å². The van der Waals surface area contributed by atoms with Gasteiger partial charge in [-0.25, -0.2) is 0 Å². The fourth-order valence-electron chi connectivity index (χ4n) is 8.05. The fourth-order valence-corrected chi connectivity index (χ4v) is 8.89. The standard InChI is InChI=1S/C43H27N5O.Pt/c1-45-26-46(38-17-5-4-16-37(38)45)27-10-8-11-28(22-27)49-29-19-20-31-34-24-35-33-14-9-13-32-30-12-2-3-15-36(30)48(43(32)33)41(35)25-40(34)47(39(31)23-29)42-18-6-7-21-44-42;/h2-25H,1H3;. The van der Waals surface area contributed by atoms with Crippen molar-refractivity contribution in [1.82, 2.24) is 23.1 Å². The molecule has 6 nitrogen and oxygen atoms in total. The third-order valence-corrected chi connectivity index (χ3v) is 11.5. The second-order valence-corrected chi connectivity index (χ2v) is 13.9. The molecule has 0 radical (unpaired) electrons. The molecular formula is C43H27N5OPt. The SMILES string of the molecule is Cn1[c](=[Pt])n(-c2cccc(Oc3ccc4c5cc6c7cccc8c9ccccc9n(c6cc5n(-c5ccccn5)c4c3)c87)c2)c2ccccc21. The first-order chi connectivity index (χ1) is 24.6. The van der Waals surface area contributed by atoms with E-state index in [-0.39, 0.29) is 0 Å². The van der Waals surface area contributed by atoms with Crippen LogP contribution in [0.15, 0.2) is 146 Å². The summed E-state index contributed by atoms with van der Waals surface area (Å²) in [6.45, 7) is 0. The molecule has 0 aliphatic heterocycles. The van der Waals surface area contributed by atoms with Crippen molar-refractivity contribution in [3.63, 3.8) is 0 Å². The first-order valence-corrected chi connectivity index (χ1v) is 17.7. The molecule has 11 rings (SSSR count). The summed E-state index contributed by atoms with van der Waals surface area (Å²) in [5.74, 6) is 2.41. The summed E-state index contributed by atoms with van der Waals surface area (Å²) in [7, 11) is 2.10. The van der Waals surface area contributed by atoms with E-state index < -0.39 is 0 Å². The van der Waals surface area contributed by atoms with Crippen LogP contribution in [0.25, 0.3) is 82.4 Å². The monoisotopic (exact) mass is 824 g/mol. The Bertz CT molecular complexity index is 3220. The molecule has 0 atom stereocenters. The van der Waals surface area contributed by atoms with E-state index in [0.29, 0.717) is 0 Å². The quantitative estimate of drug-likeness (QED) is 0.177. The summed E-state index contributed by atoms with van der Waals surface area (Å²) in [5, 5.41) is 7.43. The average molecular weight is 825 g/mol. The molecule has 0 saturated heterocycles. The van der Waals surface area contributed by atoms with Crippen LogP contribution < -0.4 is 4.74 Å². The van der Waals surface area contributed by atoms with E-state index in [1.54, 1.807) is 0 Å². The molecule has 0 fully saturated rings. The van der Waals surface area contributed by atoms with Gasteiger partial charge in [0.1, 0.15) is 0 Å². The molecule has 0 saturated carbocycles. The van der Waals surface area contributed by atoms with Gasteiger partial charge in [-0.3, -0.25) is 0 Å². The van der Waals surface area contributed by atoms with E-state index >= 15 is 0 Å². The third-order valence-electron chi connectivity index (χ3n) is 10.2.